The van der Waals surface area contributed by atoms with Crippen molar-refractivity contribution >= 4 is 15.9 Å². The van der Waals surface area contributed by atoms with Crippen molar-refractivity contribution in [3.05, 3.63) is 63.6 Å². The number of ether oxygens (including phenoxy) is 1. The molecule has 1 N–H and O–H groups in total. The number of rotatable bonds is 3. The fraction of sp³-hybridized carbons (Fsp3) is 0.400. The van der Waals surface area contributed by atoms with Crippen molar-refractivity contribution in [2.24, 2.45) is 0 Å². The summed E-state index contributed by atoms with van der Waals surface area (Å²) >= 11 is 3.25. The van der Waals surface area contributed by atoms with Crippen molar-refractivity contribution in [3.63, 3.8) is 0 Å². The summed E-state index contributed by atoms with van der Waals surface area (Å²) in [6, 6.07) is 10.4. The first kappa shape index (κ1) is 17.9. The molecule has 0 spiro atoms. The quantitative estimate of drug-likeness (QED) is 0.806. The van der Waals surface area contributed by atoms with Crippen LogP contribution in [-0.2, 0) is 6.42 Å². The predicted octanol–water partition coefficient (Wildman–Crippen LogP) is 4.07. The van der Waals surface area contributed by atoms with E-state index in [-0.39, 0.29) is 17.9 Å². The highest BCUT2D eigenvalue weighted by atomic mass is 79.9. The summed E-state index contributed by atoms with van der Waals surface area (Å²) in [4.78, 5) is 2.43. The second-order valence-electron chi connectivity index (χ2n) is 6.85. The Morgan fingerprint density at radius 3 is 2.81 bits per heavy atom. The molecular formula is C20H21BrF2N2O. The van der Waals surface area contributed by atoms with Gasteiger partial charge in [-0.15, -0.1) is 0 Å². The van der Waals surface area contributed by atoms with Gasteiger partial charge >= 0.3 is 0 Å². The summed E-state index contributed by atoms with van der Waals surface area (Å²) in [5.74, 6) is -1.23. The summed E-state index contributed by atoms with van der Waals surface area (Å²) < 4.78 is 34.3. The van der Waals surface area contributed by atoms with Crippen LogP contribution in [0.15, 0.2) is 40.9 Å². The number of fused-ring (bicyclic) bond motifs is 1. The molecule has 0 unspecified atom stereocenters. The molecule has 0 radical (unpaired) electrons. The first-order chi connectivity index (χ1) is 12.6. The fourth-order valence-corrected chi connectivity index (χ4v) is 4.47. The minimum absolute atomic E-state index is 0.0750. The Balaban J connectivity index is 1.68. The molecule has 6 heteroatoms. The summed E-state index contributed by atoms with van der Waals surface area (Å²) in [6.45, 7) is 3.87. The van der Waals surface area contributed by atoms with E-state index < -0.39 is 11.6 Å². The van der Waals surface area contributed by atoms with Crippen LogP contribution < -0.4 is 10.1 Å². The Morgan fingerprint density at radius 2 is 1.96 bits per heavy atom. The topological polar surface area (TPSA) is 24.5 Å². The lowest BCUT2D eigenvalue weighted by Crippen LogP contribution is -2.42. The molecule has 3 nitrogen and oxygen atoms in total. The van der Waals surface area contributed by atoms with E-state index in [9.17, 15) is 8.78 Å². The van der Waals surface area contributed by atoms with Crippen LogP contribution in [0.5, 0.6) is 5.75 Å². The highest BCUT2D eigenvalue weighted by molar-refractivity contribution is 9.10. The Hall–Kier alpha value is -1.50. The van der Waals surface area contributed by atoms with E-state index in [0.717, 1.165) is 50.7 Å². The minimum Gasteiger partial charge on any atom is -0.480 e. The zero-order valence-corrected chi connectivity index (χ0v) is 15.9. The van der Waals surface area contributed by atoms with Crippen molar-refractivity contribution in [1.82, 2.24) is 10.2 Å². The van der Waals surface area contributed by atoms with Gasteiger partial charge in [0, 0.05) is 19.2 Å². The van der Waals surface area contributed by atoms with Crippen LogP contribution in [0, 0.1) is 11.6 Å². The molecule has 1 saturated heterocycles. The minimum atomic E-state index is -0.683. The van der Waals surface area contributed by atoms with Gasteiger partial charge in [0.05, 0.1) is 10.5 Å². The molecule has 2 atom stereocenters. The van der Waals surface area contributed by atoms with Gasteiger partial charge in [0.25, 0.3) is 0 Å². The van der Waals surface area contributed by atoms with Gasteiger partial charge in [0.15, 0.2) is 11.6 Å². The molecule has 1 fully saturated rings. The number of nitrogens with zero attached hydrogens (tertiary/aromatic N) is 1. The van der Waals surface area contributed by atoms with E-state index >= 15 is 0 Å². The molecule has 2 aliphatic rings. The lowest BCUT2D eigenvalue weighted by atomic mass is 10.1. The molecule has 2 aromatic carbocycles. The molecule has 138 valence electrons. The molecule has 1 aliphatic heterocycles. The first-order valence-electron chi connectivity index (χ1n) is 8.97. The highest BCUT2D eigenvalue weighted by Crippen LogP contribution is 2.41. The number of halogens is 3. The average Bonchev–Trinajstić information content (AvgIpc) is 2.78. The molecule has 1 heterocycles. The SMILES string of the molecule is Fc1cc(F)c(O[C@@H]2c3ccccc3C[C@H]2N2CCCNCC2)c(Br)c1. The third-order valence-corrected chi connectivity index (χ3v) is 5.78. The summed E-state index contributed by atoms with van der Waals surface area (Å²) in [7, 11) is 0. The molecular weight excluding hydrogens is 402 g/mol. The van der Waals surface area contributed by atoms with Crippen LogP contribution in [0.25, 0.3) is 0 Å². The lowest BCUT2D eigenvalue weighted by molar-refractivity contribution is 0.0784. The number of nitrogens with one attached hydrogen (secondary N) is 1. The maximum absolute atomic E-state index is 14.4. The molecule has 0 bridgehead atoms. The lowest BCUT2D eigenvalue weighted by Gasteiger charge is -2.32. The Morgan fingerprint density at radius 1 is 1.12 bits per heavy atom. The Kier molecular flexibility index (Phi) is 5.25. The standard InChI is InChI=1S/C20H21BrF2N2O/c21-16-11-14(22)12-17(23)20(16)26-19-15-5-2-1-4-13(15)10-18(19)25-8-3-6-24-7-9-25/h1-2,4-5,11-12,18-19,24H,3,6-10H2/t18-,19-/m1/s1. The third kappa shape index (κ3) is 3.50. The zero-order valence-electron chi connectivity index (χ0n) is 14.4. The van der Waals surface area contributed by atoms with Crippen LogP contribution in [-0.4, -0.2) is 37.1 Å². The van der Waals surface area contributed by atoms with Crippen LogP contribution in [0.1, 0.15) is 23.7 Å². The van der Waals surface area contributed by atoms with Crippen molar-refractivity contribution in [1.29, 1.82) is 0 Å². The van der Waals surface area contributed by atoms with Crippen LogP contribution in [0.2, 0.25) is 0 Å². The van der Waals surface area contributed by atoms with Crippen LogP contribution in [0.3, 0.4) is 0 Å². The monoisotopic (exact) mass is 422 g/mol. The molecule has 0 amide bonds. The van der Waals surface area contributed by atoms with Gasteiger partial charge < -0.3 is 10.1 Å². The summed E-state index contributed by atoms with van der Waals surface area (Å²) in [5, 5.41) is 3.42. The van der Waals surface area contributed by atoms with Crippen LogP contribution >= 0.6 is 15.9 Å². The third-order valence-electron chi connectivity index (χ3n) is 5.19. The average molecular weight is 423 g/mol. The van der Waals surface area contributed by atoms with Gasteiger partial charge in [-0.2, -0.15) is 0 Å². The van der Waals surface area contributed by atoms with Crippen molar-refractivity contribution < 1.29 is 13.5 Å². The smallest absolute Gasteiger partial charge is 0.170 e. The predicted molar refractivity (Wildman–Crippen MR) is 100 cm³/mol. The Bertz CT molecular complexity index is 770. The van der Waals surface area contributed by atoms with Crippen molar-refractivity contribution in [2.75, 3.05) is 26.2 Å². The highest BCUT2D eigenvalue weighted by Gasteiger charge is 2.38. The van der Waals surface area contributed by atoms with Crippen molar-refractivity contribution in [3.8, 4) is 5.75 Å². The normalized spacial score (nSPS) is 23.5. The van der Waals surface area contributed by atoms with E-state index in [0.29, 0.717) is 4.47 Å². The molecule has 0 saturated carbocycles. The van der Waals surface area contributed by atoms with E-state index in [1.165, 1.54) is 11.6 Å². The summed E-state index contributed by atoms with van der Waals surface area (Å²) in [6.07, 6.45) is 1.68. The van der Waals surface area contributed by atoms with Crippen LogP contribution in [0.4, 0.5) is 8.78 Å². The van der Waals surface area contributed by atoms with E-state index in [1.807, 2.05) is 18.2 Å². The molecule has 26 heavy (non-hydrogen) atoms. The largest absolute Gasteiger partial charge is 0.480 e. The maximum Gasteiger partial charge on any atom is 0.170 e. The van der Waals surface area contributed by atoms with E-state index in [2.05, 4.69) is 32.2 Å². The summed E-state index contributed by atoms with van der Waals surface area (Å²) in [5.41, 5.74) is 2.32. The Labute approximate surface area is 160 Å². The van der Waals surface area contributed by atoms with E-state index in [1.54, 1.807) is 0 Å². The van der Waals surface area contributed by atoms with Crippen molar-refractivity contribution in [2.45, 2.75) is 25.0 Å². The first-order valence-corrected chi connectivity index (χ1v) is 9.76. The van der Waals surface area contributed by atoms with Gasteiger partial charge in [-0.1, -0.05) is 24.3 Å². The van der Waals surface area contributed by atoms with Gasteiger partial charge in [-0.3, -0.25) is 4.90 Å². The molecule has 2 aromatic rings. The second-order valence-corrected chi connectivity index (χ2v) is 7.70. The molecule has 4 rings (SSSR count). The van der Waals surface area contributed by atoms with E-state index in [4.69, 9.17) is 4.74 Å². The van der Waals surface area contributed by atoms with Gasteiger partial charge in [-0.25, -0.2) is 8.78 Å². The maximum atomic E-state index is 14.4. The number of hydrogen-bond donors (Lipinski definition) is 1. The zero-order chi connectivity index (χ0) is 18.1. The number of benzene rings is 2. The molecule has 1 aliphatic carbocycles. The van der Waals surface area contributed by atoms with Gasteiger partial charge in [-0.05, 0) is 59.1 Å². The second kappa shape index (κ2) is 7.62. The molecule has 0 aromatic heterocycles. The fourth-order valence-electron chi connectivity index (χ4n) is 3.97. The van der Waals surface area contributed by atoms with Gasteiger partial charge in [0.1, 0.15) is 11.9 Å². The number of hydrogen-bond acceptors (Lipinski definition) is 3. The van der Waals surface area contributed by atoms with Gasteiger partial charge in [0.2, 0.25) is 0 Å².